The second kappa shape index (κ2) is 5.98. The van der Waals surface area contributed by atoms with E-state index in [1.165, 1.54) is 5.56 Å². The molecule has 0 aliphatic carbocycles. The summed E-state index contributed by atoms with van der Waals surface area (Å²) in [5.74, 6) is 1.02. The molecule has 1 aromatic carbocycles. The third kappa shape index (κ3) is 3.09. The standard InChI is InChI=1S/C14H19NO3/c1-17-9-12(15)13(16)4-2-10-3-5-14-11(8-10)6-7-18-14/h3,5,8,12H,2,4,6-7,9,15H2,1H3. The molecule has 18 heavy (non-hydrogen) atoms. The van der Waals surface area contributed by atoms with E-state index in [1.54, 1.807) is 7.11 Å². The molecule has 4 nitrogen and oxygen atoms in total. The number of hydrogen-bond donors (Lipinski definition) is 1. The van der Waals surface area contributed by atoms with Gasteiger partial charge in [0.25, 0.3) is 0 Å². The molecule has 1 heterocycles. The fourth-order valence-electron chi connectivity index (χ4n) is 2.12. The molecule has 4 heteroatoms. The third-order valence-corrected chi connectivity index (χ3v) is 3.17. The van der Waals surface area contributed by atoms with Crippen LogP contribution in [0.15, 0.2) is 18.2 Å². The highest BCUT2D eigenvalue weighted by molar-refractivity contribution is 5.84. The van der Waals surface area contributed by atoms with Gasteiger partial charge in [-0.3, -0.25) is 4.79 Å². The molecule has 1 atom stereocenters. The van der Waals surface area contributed by atoms with Gasteiger partial charge in [0, 0.05) is 20.0 Å². The van der Waals surface area contributed by atoms with Crippen molar-refractivity contribution in [1.82, 2.24) is 0 Å². The number of carbonyl (C=O) groups is 1. The Labute approximate surface area is 107 Å². The molecule has 1 aliphatic rings. The molecule has 0 fully saturated rings. The lowest BCUT2D eigenvalue weighted by Crippen LogP contribution is -2.34. The van der Waals surface area contributed by atoms with E-state index in [-0.39, 0.29) is 12.4 Å². The Kier molecular flexibility index (Phi) is 4.33. The van der Waals surface area contributed by atoms with Crippen LogP contribution in [0.4, 0.5) is 0 Å². The number of ether oxygens (including phenoxy) is 2. The zero-order valence-electron chi connectivity index (χ0n) is 10.6. The third-order valence-electron chi connectivity index (χ3n) is 3.17. The van der Waals surface area contributed by atoms with Gasteiger partial charge in [-0.25, -0.2) is 0 Å². The summed E-state index contributed by atoms with van der Waals surface area (Å²) in [6, 6.07) is 5.61. The van der Waals surface area contributed by atoms with E-state index < -0.39 is 6.04 Å². The van der Waals surface area contributed by atoms with Crippen molar-refractivity contribution < 1.29 is 14.3 Å². The Bertz CT molecular complexity index is 431. The van der Waals surface area contributed by atoms with Crippen LogP contribution in [0.25, 0.3) is 0 Å². The Balaban J connectivity index is 1.88. The van der Waals surface area contributed by atoms with Gasteiger partial charge in [-0.05, 0) is 23.6 Å². The van der Waals surface area contributed by atoms with Crippen LogP contribution in [0.3, 0.4) is 0 Å². The highest BCUT2D eigenvalue weighted by atomic mass is 16.5. The van der Waals surface area contributed by atoms with Gasteiger partial charge >= 0.3 is 0 Å². The molecule has 1 aliphatic heterocycles. The first-order valence-corrected chi connectivity index (χ1v) is 6.22. The zero-order chi connectivity index (χ0) is 13.0. The molecule has 0 saturated carbocycles. The van der Waals surface area contributed by atoms with Gasteiger partial charge in [-0.15, -0.1) is 0 Å². The van der Waals surface area contributed by atoms with Crippen molar-refractivity contribution in [3.63, 3.8) is 0 Å². The molecule has 0 bridgehead atoms. The molecular formula is C14H19NO3. The summed E-state index contributed by atoms with van der Waals surface area (Å²) in [6.45, 7) is 1.05. The van der Waals surface area contributed by atoms with Crippen LogP contribution >= 0.6 is 0 Å². The average molecular weight is 249 g/mol. The lowest BCUT2D eigenvalue weighted by atomic mass is 10.0. The number of aryl methyl sites for hydroxylation is 1. The number of methoxy groups -OCH3 is 1. The molecule has 2 rings (SSSR count). The number of hydrogen-bond acceptors (Lipinski definition) is 4. The van der Waals surface area contributed by atoms with Crippen molar-refractivity contribution in [2.45, 2.75) is 25.3 Å². The van der Waals surface area contributed by atoms with Gasteiger partial charge < -0.3 is 15.2 Å². The van der Waals surface area contributed by atoms with Gasteiger partial charge in [0.2, 0.25) is 0 Å². The number of benzene rings is 1. The maximum absolute atomic E-state index is 11.7. The first-order chi connectivity index (χ1) is 8.70. The molecule has 0 aromatic heterocycles. The first-order valence-electron chi connectivity index (χ1n) is 6.22. The number of nitrogens with two attached hydrogens (primary N) is 1. The predicted molar refractivity (Wildman–Crippen MR) is 68.8 cm³/mol. The molecule has 0 spiro atoms. The fraction of sp³-hybridized carbons (Fsp3) is 0.500. The van der Waals surface area contributed by atoms with Gasteiger partial charge in [-0.1, -0.05) is 12.1 Å². The highest BCUT2D eigenvalue weighted by Gasteiger charge is 2.15. The molecule has 2 N–H and O–H groups in total. The normalized spacial score (nSPS) is 15.0. The molecule has 0 amide bonds. The fourth-order valence-corrected chi connectivity index (χ4v) is 2.12. The van der Waals surface area contributed by atoms with E-state index in [0.717, 1.165) is 30.8 Å². The van der Waals surface area contributed by atoms with Gasteiger partial charge in [0.15, 0.2) is 5.78 Å². The summed E-state index contributed by atoms with van der Waals surface area (Å²) in [7, 11) is 1.55. The second-order valence-electron chi connectivity index (χ2n) is 4.57. The predicted octanol–water partition coefficient (Wildman–Crippen LogP) is 1.10. The summed E-state index contributed by atoms with van der Waals surface area (Å²) in [4.78, 5) is 11.7. The lowest BCUT2D eigenvalue weighted by Gasteiger charge is -2.09. The molecule has 1 aromatic rings. The zero-order valence-corrected chi connectivity index (χ0v) is 10.6. The number of Topliss-reactive ketones (excluding diaryl/α,β-unsaturated/α-hetero) is 1. The van der Waals surface area contributed by atoms with E-state index in [1.807, 2.05) is 12.1 Å². The Morgan fingerprint density at radius 3 is 3.17 bits per heavy atom. The summed E-state index contributed by atoms with van der Waals surface area (Å²) < 4.78 is 10.3. The molecule has 98 valence electrons. The SMILES string of the molecule is COCC(N)C(=O)CCc1ccc2c(c1)CCO2. The van der Waals surface area contributed by atoms with E-state index in [0.29, 0.717) is 6.42 Å². The minimum absolute atomic E-state index is 0.0496. The van der Waals surface area contributed by atoms with Gasteiger partial charge in [0.1, 0.15) is 5.75 Å². The first kappa shape index (κ1) is 13.1. The van der Waals surface area contributed by atoms with Crippen molar-refractivity contribution >= 4 is 5.78 Å². The highest BCUT2D eigenvalue weighted by Crippen LogP contribution is 2.26. The van der Waals surface area contributed by atoms with Crippen LogP contribution in [-0.4, -0.2) is 32.1 Å². The lowest BCUT2D eigenvalue weighted by molar-refractivity contribution is -0.121. The number of rotatable bonds is 6. The van der Waals surface area contributed by atoms with E-state index in [9.17, 15) is 4.79 Å². The average Bonchev–Trinajstić information content (AvgIpc) is 2.83. The van der Waals surface area contributed by atoms with E-state index >= 15 is 0 Å². The summed E-state index contributed by atoms with van der Waals surface area (Å²) in [5.41, 5.74) is 8.09. The maximum Gasteiger partial charge on any atom is 0.152 e. The second-order valence-corrected chi connectivity index (χ2v) is 4.57. The van der Waals surface area contributed by atoms with Gasteiger partial charge in [-0.2, -0.15) is 0 Å². The Morgan fingerprint density at radius 1 is 1.56 bits per heavy atom. The van der Waals surface area contributed by atoms with Crippen LogP contribution < -0.4 is 10.5 Å². The number of ketones is 1. The smallest absolute Gasteiger partial charge is 0.152 e. The van der Waals surface area contributed by atoms with Crippen LogP contribution in [0.1, 0.15) is 17.5 Å². The minimum Gasteiger partial charge on any atom is -0.493 e. The van der Waals surface area contributed by atoms with Crippen molar-refractivity contribution in [2.24, 2.45) is 5.73 Å². The van der Waals surface area contributed by atoms with Crippen LogP contribution in [0, 0.1) is 0 Å². The van der Waals surface area contributed by atoms with Crippen LogP contribution in [0.2, 0.25) is 0 Å². The monoisotopic (exact) mass is 249 g/mol. The van der Waals surface area contributed by atoms with Crippen LogP contribution in [0.5, 0.6) is 5.75 Å². The van der Waals surface area contributed by atoms with Crippen molar-refractivity contribution in [1.29, 1.82) is 0 Å². The quantitative estimate of drug-likeness (QED) is 0.820. The van der Waals surface area contributed by atoms with E-state index in [2.05, 4.69) is 6.07 Å². The van der Waals surface area contributed by atoms with Crippen LogP contribution in [-0.2, 0) is 22.4 Å². The Morgan fingerprint density at radius 2 is 2.39 bits per heavy atom. The number of fused-ring (bicyclic) bond motifs is 1. The summed E-state index contributed by atoms with van der Waals surface area (Å²) in [5, 5.41) is 0. The largest absolute Gasteiger partial charge is 0.493 e. The summed E-state index contributed by atoms with van der Waals surface area (Å²) >= 11 is 0. The number of carbonyl (C=O) groups excluding carboxylic acids is 1. The molecule has 0 saturated heterocycles. The van der Waals surface area contributed by atoms with Gasteiger partial charge in [0.05, 0.1) is 19.3 Å². The summed E-state index contributed by atoms with van der Waals surface area (Å²) in [6.07, 6.45) is 2.15. The molecular weight excluding hydrogens is 230 g/mol. The van der Waals surface area contributed by atoms with Crippen molar-refractivity contribution in [3.05, 3.63) is 29.3 Å². The van der Waals surface area contributed by atoms with Crippen molar-refractivity contribution in [2.75, 3.05) is 20.3 Å². The molecule has 1 unspecified atom stereocenters. The maximum atomic E-state index is 11.7. The minimum atomic E-state index is -0.507. The van der Waals surface area contributed by atoms with E-state index in [4.69, 9.17) is 15.2 Å². The topological polar surface area (TPSA) is 61.5 Å². The van der Waals surface area contributed by atoms with Crippen molar-refractivity contribution in [3.8, 4) is 5.75 Å². The molecule has 0 radical (unpaired) electrons. The Hall–Kier alpha value is -1.39.